The van der Waals surface area contributed by atoms with Gasteiger partial charge in [0.25, 0.3) is 0 Å². The molecule has 0 bridgehead atoms. The van der Waals surface area contributed by atoms with Crippen LogP contribution in [0.15, 0.2) is 0 Å². The smallest absolute Gasteiger partial charge is 0.0859 e. The van der Waals surface area contributed by atoms with Gasteiger partial charge >= 0.3 is 0 Å². The number of hydrogen-bond donors (Lipinski definition) is 0. The fourth-order valence-electron chi connectivity index (χ4n) is 1.42. The molecule has 2 aliphatic heterocycles. The van der Waals surface area contributed by atoms with Crippen molar-refractivity contribution < 1.29 is 13.7 Å². The van der Waals surface area contributed by atoms with Gasteiger partial charge in [0.2, 0.25) is 0 Å². The van der Waals surface area contributed by atoms with Crippen LogP contribution in [0.4, 0.5) is 0 Å². The highest BCUT2D eigenvalue weighted by Gasteiger charge is 2.33. The summed E-state index contributed by atoms with van der Waals surface area (Å²) in [4.78, 5) is 0. The van der Waals surface area contributed by atoms with Crippen LogP contribution in [0.3, 0.4) is 0 Å². The lowest BCUT2D eigenvalue weighted by atomic mass is 10.2. The topological polar surface area (TPSA) is 27.7 Å². The molecule has 14 heavy (non-hydrogen) atoms. The molecule has 0 saturated carbocycles. The Morgan fingerprint density at radius 3 is 1.79 bits per heavy atom. The Kier molecular flexibility index (Phi) is 11.2. The first-order chi connectivity index (χ1) is 6.88. The molecule has 0 aromatic heterocycles. The second-order valence-corrected chi connectivity index (χ2v) is 4.16. The summed E-state index contributed by atoms with van der Waals surface area (Å²) in [5.41, 5.74) is 0. The zero-order valence-electron chi connectivity index (χ0n) is 8.99. The fraction of sp³-hybridized carbons (Fsp3) is 1.00. The zero-order valence-corrected chi connectivity index (χ0v) is 12.0. The molecule has 2 atom stereocenters. The van der Waals surface area contributed by atoms with Crippen LogP contribution >= 0.6 is 30.4 Å². The molecule has 3 nitrogen and oxygen atoms in total. The van der Waals surface area contributed by atoms with Gasteiger partial charge in [0.1, 0.15) is 0 Å². The maximum Gasteiger partial charge on any atom is 0.0859 e. The maximum absolute atomic E-state index is 5.35. The summed E-state index contributed by atoms with van der Waals surface area (Å²) in [6, 6.07) is 0. The van der Waals surface area contributed by atoms with Gasteiger partial charge in [-0.2, -0.15) is 0 Å². The molecule has 2 aliphatic rings. The number of fused-ring (bicyclic) bond motifs is 1. The predicted molar refractivity (Wildman–Crippen MR) is 68.7 cm³/mol. The first-order valence-electron chi connectivity index (χ1n) is 4.93. The average Bonchev–Trinajstić information content (AvgIpc) is 2.83. The van der Waals surface area contributed by atoms with E-state index in [0.717, 1.165) is 26.1 Å². The fourth-order valence-corrected chi connectivity index (χ4v) is 1.42. The van der Waals surface area contributed by atoms with Crippen LogP contribution in [0, 0.1) is 0 Å². The Balaban J connectivity index is 0.000000245. The van der Waals surface area contributed by atoms with Crippen LogP contribution in [-0.4, -0.2) is 32.5 Å². The average molecular weight is 334 g/mol. The molecule has 0 amide bonds. The van der Waals surface area contributed by atoms with Crippen molar-refractivity contribution in [2.24, 2.45) is 0 Å². The van der Waals surface area contributed by atoms with Crippen molar-refractivity contribution in [3.05, 3.63) is 0 Å². The van der Waals surface area contributed by atoms with E-state index in [4.69, 9.17) is 9.47 Å². The Morgan fingerprint density at radius 2 is 1.50 bits per heavy atom. The summed E-state index contributed by atoms with van der Waals surface area (Å²) < 4.78 is 15.1. The third-order valence-electron chi connectivity index (χ3n) is 1.95. The SMILES string of the molecule is C1C[C@H]2OCC[C@H]2O1.CC.COSI. The lowest BCUT2D eigenvalue weighted by molar-refractivity contribution is 0.0732. The van der Waals surface area contributed by atoms with Gasteiger partial charge in [-0.1, -0.05) is 13.8 Å². The predicted octanol–water partition coefficient (Wildman–Crippen LogP) is 3.22. The summed E-state index contributed by atoms with van der Waals surface area (Å²) in [7, 11) is 2.96. The summed E-state index contributed by atoms with van der Waals surface area (Å²) in [5, 5.41) is 0. The van der Waals surface area contributed by atoms with Crippen molar-refractivity contribution >= 4 is 30.4 Å². The van der Waals surface area contributed by atoms with Crippen LogP contribution in [-0.2, 0) is 13.7 Å². The van der Waals surface area contributed by atoms with Gasteiger partial charge in [0, 0.05) is 34.4 Å². The molecule has 0 aromatic rings. The van der Waals surface area contributed by atoms with E-state index >= 15 is 0 Å². The van der Waals surface area contributed by atoms with E-state index < -0.39 is 0 Å². The molecule has 0 spiro atoms. The first kappa shape index (κ1) is 15.0. The first-order valence-corrected chi connectivity index (χ1v) is 8.21. The van der Waals surface area contributed by atoms with Gasteiger partial charge in [-0.3, -0.25) is 0 Å². The molecule has 2 rings (SSSR count). The van der Waals surface area contributed by atoms with Crippen LogP contribution in [0.5, 0.6) is 0 Å². The standard InChI is InChI=1S/C6H10O2.C2H6.CH3IOS/c1-3-7-6-2-4-8-5(1)6;1-2;1-3-4-2/h5-6H,1-4H2;1-2H3;1H3/t5-,6-;;/m1../s1. The molecule has 5 heteroatoms. The lowest BCUT2D eigenvalue weighted by Crippen LogP contribution is -2.13. The molecule has 0 aliphatic carbocycles. The van der Waals surface area contributed by atoms with Crippen LogP contribution in [0.2, 0.25) is 0 Å². The quantitative estimate of drug-likeness (QED) is 0.544. The lowest BCUT2D eigenvalue weighted by Gasteiger charge is -2.03. The van der Waals surface area contributed by atoms with Crippen molar-refractivity contribution in [2.75, 3.05) is 20.3 Å². The van der Waals surface area contributed by atoms with Crippen molar-refractivity contribution in [1.82, 2.24) is 0 Å². The Labute approximate surface area is 103 Å². The zero-order chi connectivity index (χ0) is 10.8. The minimum Gasteiger partial charge on any atom is -0.375 e. The van der Waals surface area contributed by atoms with Crippen molar-refractivity contribution in [1.29, 1.82) is 0 Å². The summed E-state index contributed by atoms with van der Waals surface area (Å²) >= 11 is 2.05. The molecular formula is C9H19IO3S. The van der Waals surface area contributed by atoms with Crippen molar-refractivity contribution in [3.8, 4) is 0 Å². The van der Waals surface area contributed by atoms with Gasteiger partial charge in [0.15, 0.2) is 0 Å². The van der Waals surface area contributed by atoms with Gasteiger partial charge in [-0.05, 0) is 12.8 Å². The van der Waals surface area contributed by atoms with Crippen molar-refractivity contribution in [2.45, 2.75) is 38.9 Å². The highest BCUT2D eigenvalue weighted by atomic mass is 127. The summed E-state index contributed by atoms with van der Waals surface area (Å²) in [6.45, 7) is 5.82. The number of halogens is 1. The number of ether oxygens (including phenoxy) is 2. The minimum absolute atomic E-state index is 0.454. The van der Waals surface area contributed by atoms with Crippen LogP contribution in [0.25, 0.3) is 0 Å². The van der Waals surface area contributed by atoms with Gasteiger partial charge in [-0.25, -0.2) is 0 Å². The second kappa shape index (κ2) is 10.5. The van der Waals surface area contributed by atoms with E-state index in [1.165, 1.54) is 9.21 Å². The molecule has 2 fully saturated rings. The van der Waals surface area contributed by atoms with Gasteiger partial charge in [0.05, 0.1) is 28.5 Å². The number of hydrogen-bond acceptors (Lipinski definition) is 4. The molecule has 0 N–H and O–H groups in total. The molecule has 2 saturated heterocycles. The van der Waals surface area contributed by atoms with E-state index in [0.29, 0.717) is 12.2 Å². The van der Waals surface area contributed by atoms with Crippen LogP contribution < -0.4 is 0 Å². The van der Waals surface area contributed by atoms with E-state index in [2.05, 4.69) is 4.18 Å². The van der Waals surface area contributed by atoms with Gasteiger partial charge in [-0.15, -0.1) is 0 Å². The molecule has 0 unspecified atom stereocenters. The van der Waals surface area contributed by atoms with E-state index in [1.54, 1.807) is 7.11 Å². The highest BCUT2D eigenvalue weighted by Crippen LogP contribution is 2.25. The monoisotopic (exact) mass is 334 g/mol. The second-order valence-electron chi connectivity index (χ2n) is 2.63. The van der Waals surface area contributed by atoms with E-state index in [9.17, 15) is 0 Å². The molecule has 2 heterocycles. The molecule has 86 valence electrons. The van der Waals surface area contributed by atoms with E-state index in [-0.39, 0.29) is 0 Å². The third-order valence-corrected chi connectivity index (χ3v) is 3.15. The molecule has 0 aromatic carbocycles. The third kappa shape index (κ3) is 5.75. The van der Waals surface area contributed by atoms with E-state index in [1.807, 2.05) is 35.1 Å². The highest BCUT2D eigenvalue weighted by molar-refractivity contribution is 14.2. The minimum atomic E-state index is 0.454. The van der Waals surface area contributed by atoms with Crippen LogP contribution in [0.1, 0.15) is 26.7 Å². The Morgan fingerprint density at radius 1 is 1.14 bits per heavy atom. The molecular weight excluding hydrogens is 315 g/mol. The normalized spacial score (nSPS) is 28.3. The summed E-state index contributed by atoms with van der Waals surface area (Å²) in [6.07, 6.45) is 3.14. The van der Waals surface area contributed by atoms with Gasteiger partial charge < -0.3 is 13.7 Å². The maximum atomic E-state index is 5.35. The summed E-state index contributed by atoms with van der Waals surface area (Å²) in [5.74, 6) is 0. The molecule has 0 radical (unpaired) electrons. The number of rotatable bonds is 1. The Hall–Kier alpha value is 0.960. The Bertz CT molecular complexity index is 105. The van der Waals surface area contributed by atoms with Crippen molar-refractivity contribution in [3.63, 3.8) is 0 Å². The largest absolute Gasteiger partial charge is 0.375 e.